The summed E-state index contributed by atoms with van der Waals surface area (Å²) >= 11 is 7.30. The van der Waals surface area contributed by atoms with Crippen LogP contribution in [0.4, 0.5) is 5.69 Å². The third-order valence-electron chi connectivity index (χ3n) is 4.82. The van der Waals surface area contributed by atoms with Gasteiger partial charge in [-0.3, -0.25) is 4.79 Å². The number of nitrogens with zero attached hydrogens (tertiary/aromatic N) is 1. The predicted molar refractivity (Wildman–Crippen MR) is 120 cm³/mol. The molecule has 1 aliphatic rings. The highest BCUT2D eigenvalue weighted by atomic mass is 35.5. The van der Waals surface area contributed by atoms with E-state index in [1.54, 1.807) is 6.07 Å². The minimum atomic E-state index is -0.651. The molecule has 29 heavy (non-hydrogen) atoms. The molecule has 3 rings (SSSR count). The maximum absolute atomic E-state index is 12.1. The zero-order valence-corrected chi connectivity index (χ0v) is 18.0. The number of hydrogen-bond acceptors (Lipinski definition) is 4. The Kier molecular flexibility index (Phi) is 7.91. The number of aliphatic imine (C=N–C) groups is 1. The number of aliphatic hydroxyl groups excluding tert-OH is 1. The molecule has 1 heterocycles. The second-order valence-corrected chi connectivity index (χ2v) is 8.80. The SMILES string of the molecule is CCNC(=NCc1cccc(NC(=O)C2CCC2)c1)NCC(O)c1ccc(Cl)s1. The predicted octanol–water partition coefficient (Wildman–Crippen LogP) is 3.93. The van der Waals surface area contributed by atoms with E-state index in [9.17, 15) is 9.90 Å². The number of carbonyl (C=O) groups is 1. The first-order chi connectivity index (χ1) is 14.0. The number of hydrogen-bond donors (Lipinski definition) is 4. The van der Waals surface area contributed by atoms with Gasteiger partial charge in [-0.05, 0) is 49.6 Å². The Morgan fingerprint density at radius 2 is 2.14 bits per heavy atom. The molecule has 1 aromatic heterocycles. The molecule has 1 atom stereocenters. The molecular formula is C21H27ClN4O2S. The number of anilines is 1. The zero-order valence-electron chi connectivity index (χ0n) is 16.5. The Morgan fingerprint density at radius 1 is 1.31 bits per heavy atom. The lowest BCUT2D eigenvalue weighted by Crippen LogP contribution is -2.39. The van der Waals surface area contributed by atoms with Crippen LogP contribution in [0.25, 0.3) is 0 Å². The number of thiophene rings is 1. The summed E-state index contributed by atoms with van der Waals surface area (Å²) in [5.41, 5.74) is 1.80. The summed E-state index contributed by atoms with van der Waals surface area (Å²) in [7, 11) is 0. The fourth-order valence-corrected chi connectivity index (χ4v) is 4.02. The van der Waals surface area contributed by atoms with Gasteiger partial charge in [0.15, 0.2) is 5.96 Å². The molecule has 0 radical (unpaired) electrons. The third kappa shape index (κ3) is 6.45. The standard InChI is InChI=1S/C21H27ClN4O2S/c1-2-23-21(25-13-17(27)18-9-10-19(22)29-18)24-12-14-5-3-8-16(11-14)26-20(28)15-6-4-7-15/h3,5,8-11,15,17,27H,2,4,6-7,12-13H2,1H3,(H,26,28)(H2,23,24,25). The van der Waals surface area contributed by atoms with Gasteiger partial charge in [-0.25, -0.2) is 4.99 Å². The summed E-state index contributed by atoms with van der Waals surface area (Å²) in [6.07, 6.45) is 2.46. The van der Waals surface area contributed by atoms with Crippen LogP contribution in [0.5, 0.6) is 0 Å². The summed E-state index contributed by atoms with van der Waals surface area (Å²) in [4.78, 5) is 17.5. The average Bonchev–Trinajstić information content (AvgIpc) is 3.09. The van der Waals surface area contributed by atoms with E-state index in [2.05, 4.69) is 20.9 Å². The van der Waals surface area contributed by atoms with Crippen LogP contribution in [0.1, 0.15) is 42.7 Å². The van der Waals surface area contributed by atoms with Crippen LogP contribution in [-0.4, -0.2) is 30.1 Å². The summed E-state index contributed by atoms with van der Waals surface area (Å²) in [5.74, 6) is 0.888. The largest absolute Gasteiger partial charge is 0.386 e. The van der Waals surface area contributed by atoms with Crippen LogP contribution < -0.4 is 16.0 Å². The molecule has 4 N–H and O–H groups in total. The van der Waals surface area contributed by atoms with E-state index in [0.717, 1.165) is 35.4 Å². The molecule has 0 spiro atoms. The van der Waals surface area contributed by atoms with Crippen LogP contribution in [0.2, 0.25) is 4.34 Å². The molecule has 0 saturated heterocycles. The van der Waals surface area contributed by atoms with Crippen molar-refractivity contribution in [3.63, 3.8) is 0 Å². The molecule has 1 unspecified atom stereocenters. The second-order valence-electron chi connectivity index (χ2n) is 7.05. The van der Waals surface area contributed by atoms with E-state index in [1.165, 1.54) is 11.3 Å². The summed E-state index contributed by atoms with van der Waals surface area (Å²) in [6, 6.07) is 11.4. The number of rotatable bonds is 8. The Labute approximate surface area is 180 Å². The maximum Gasteiger partial charge on any atom is 0.227 e. The fraction of sp³-hybridized carbons (Fsp3) is 0.429. The van der Waals surface area contributed by atoms with E-state index in [-0.39, 0.29) is 11.8 Å². The maximum atomic E-state index is 12.1. The number of aliphatic hydroxyl groups is 1. The van der Waals surface area contributed by atoms with E-state index >= 15 is 0 Å². The third-order valence-corrected chi connectivity index (χ3v) is 6.15. The van der Waals surface area contributed by atoms with Crippen LogP contribution in [-0.2, 0) is 11.3 Å². The molecule has 156 valence electrons. The first-order valence-electron chi connectivity index (χ1n) is 9.90. The van der Waals surface area contributed by atoms with Gasteiger partial charge in [0.1, 0.15) is 6.10 Å². The number of guanidine groups is 1. The lowest BCUT2D eigenvalue weighted by molar-refractivity contribution is -0.122. The quantitative estimate of drug-likeness (QED) is 0.374. The molecular weight excluding hydrogens is 408 g/mol. The molecule has 1 aromatic carbocycles. The molecule has 8 heteroatoms. The van der Waals surface area contributed by atoms with Gasteiger partial charge < -0.3 is 21.1 Å². The number of nitrogens with one attached hydrogen (secondary N) is 3. The van der Waals surface area contributed by atoms with Crippen molar-refractivity contribution in [2.45, 2.75) is 38.8 Å². The van der Waals surface area contributed by atoms with Gasteiger partial charge in [0.2, 0.25) is 5.91 Å². The van der Waals surface area contributed by atoms with Gasteiger partial charge >= 0.3 is 0 Å². The first-order valence-corrected chi connectivity index (χ1v) is 11.1. The minimum Gasteiger partial charge on any atom is -0.386 e. The van der Waals surface area contributed by atoms with Crippen molar-refractivity contribution in [2.24, 2.45) is 10.9 Å². The number of halogens is 1. The van der Waals surface area contributed by atoms with Crippen molar-refractivity contribution in [1.82, 2.24) is 10.6 Å². The van der Waals surface area contributed by atoms with Crippen LogP contribution in [0.15, 0.2) is 41.4 Å². The highest BCUT2D eigenvalue weighted by Gasteiger charge is 2.25. The minimum absolute atomic E-state index is 0.106. The molecule has 6 nitrogen and oxygen atoms in total. The van der Waals surface area contributed by atoms with Crippen molar-refractivity contribution in [2.75, 3.05) is 18.4 Å². The van der Waals surface area contributed by atoms with Crippen LogP contribution in [0, 0.1) is 5.92 Å². The van der Waals surface area contributed by atoms with Crippen molar-refractivity contribution in [3.05, 3.63) is 51.2 Å². The summed E-state index contributed by atoms with van der Waals surface area (Å²) in [5, 5.41) is 19.6. The van der Waals surface area contributed by atoms with Crippen molar-refractivity contribution in [1.29, 1.82) is 0 Å². The van der Waals surface area contributed by atoms with Crippen molar-refractivity contribution < 1.29 is 9.90 Å². The highest BCUT2D eigenvalue weighted by molar-refractivity contribution is 7.16. The van der Waals surface area contributed by atoms with E-state index < -0.39 is 6.10 Å². The summed E-state index contributed by atoms with van der Waals surface area (Å²) in [6.45, 7) is 3.50. The monoisotopic (exact) mass is 434 g/mol. The molecule has 0 bridgehead atoms. The smallest absolute Gasteiger partial charge is 0.227 e. The summed E-state index contributed by atoms with van der Waals surface area (Å²) < 4.78 is 0.656. The number of amides is 1. The van der Waals surface area contributed by atoms with E-state index in [1.807, 2.05) is 37.3 Å². The van der Waals surface area contributed by atoms with Gasteiger partial charge in [0.05, 0.1) is 10.9 Å². The van der Waals surface area contributed by atoms with Crippen molar-refractivity contribution in [3.8, 4) is 0 Å². The lowest BCUT2D eigenvalue weighted by atomic mass is 9.85. The molecule has 1 saturated carbocycles. The van der Waals surface area contributed by atoms with Gasteiger partial charge in [-0.1, -0.05) is 30.2 Å². The molecule has 1 fully saturated rings. The number of benzene rings is 1. The molecule has 2 aromatic rings. The normalized spacial score (nSPS) is 15.5. The first kappa shape index (κ1) is 21.6. The Bertz CT molecular complexity index is 851. The Hall–Kier alpha value is -2.09. The topological polar surface area (TPSA) is 85.8 Å². The molecule has 1 amide bonds. The number of carbonyl (C=O) groups excluding carboxylic acids is 1. The van der Waals surface area contributed by atoms with Gasteiger partial charge in [-0.15, -0.1) is 11.3 Å². The average molecular weight is 435 g/mol. The van der Waals surface area contributed by atoms with E-state index in [0.29, 0.717) is 29.9 Å². The molecule has 1 aliphatic carbocycles. The van der Waals surface area contributed by atoms with Gasteiger partial charge in [0.25, 0.3) is 0 Å². The lowest BCUT2D eigenvalue weighted by Gasteiger charge is -2.24. The zero-order chi connectivity index (χ0) is 20.6. The highest BCUT2D eigenvalue weighted by Crippen LogP contribution is 2.28. The van der Waals surface area contributed by atoms with Crippen LogP contribution in [0.3, 0.4) is 0 Å². The second kappa shape index (κ2) is 10.6. The Morgan fingerprint density at radius 3 is 2.79 bits per heavy atom. The van der Waals surface area contributed by atoms with Crippen molar-refractivity contribution >= 4 is 40.5 Å². The van der Waals surface area contributed by atoms with Gasteiger partial charge in [-0.2, -0.15) is 0 Å². The van der Waals surface area contributed by atoms with E-state index in [4.69, 9.17) is 11.6 Å². The van der Waals surface area contributed by atoms with Gasteiger partial charge in [0, 0.05) is 29.6 Å². The molecule has 0 aliphatic heterocycles. The Balaban J connectivity index is 1.56. The fourth-order valence-electron chi connectivity index (χ4n) is 2.98. The van der Waals surface area contributed by atoms with Crippen LogP contribution >= 0.6 is 22.9 Å².